The van der Waals surface area contributed by atoms with Crippen molar-refractivity contribution in [2.75, 3.05) is 0 Å². The number of hydrogen-bond donors (Lipinski definition) is 2. The van der Waals surface area contributed by atoms with Gasteiger partial charge < -0.3 is 10.4 Å². The Balaban J connectivity index is 2.09. The molecule has 0 heterocycles. The molecule has 0 spiro atoms. The van der Waals surface area contributed by atoms with Gasteiger partial charge in [0.1, 0.15) is 0 Å². The Morgan fingerprint density at radius 3 is 2.67 bits per heavy atom. The lowest BCUT2D eigenvalue weighted by Gasteiger charge is -2.08. The van der Waals surface area contributed by atoms with Crippen LogP contribution in [0, 0.1) is 6.92 Å². The van der Waals surface area contributed by atoms with Crippen LogP contribution in [0.2, 0.25) is 5.02 Å². The van der Waals surface area contributed by atoms with Gasteiger partial charge in [-0.25, -0.2) is 4.79 Å². The number of nitrogens with one attached hydrogen (secondary N) is 1. The normalized spacial score (nSPS) is 10.2. The van der Waals surface area contributed by atoms with Crippen molar-refractivity contribution in [2.45, 2.75) is 13.5 Å². The predicted octanol–water partition coefficient (Wildman–Crippen LogP) is 3.28. The molecule has 108 valence electrons. The molecule has 0 atom stereocenters. The molecule has 2 rings (SSSR count). The van der Waals surface area contributed by atoms with Crippen molar-refractivity contribution < 1.29 is 14.7 Å². The van der Waals surface area contributed by atoms with Crippen molar-refractivity contribution in [3.8, 4) is 0 Å². The van der Waals surface area contributed by atoms with Gasteiger partial charge in [-0.2, -0.15) is 0 Å². The SMILES string of the molecule is Cc1ccc(Cl)cc1C(=O)NCc1cccc(C(=O)O)c1. The first-order chi connectivity index (χ1) is 9.97. The first kappa shape index (κ1) is 15.1. The Labute approximate surface area is 127 Å². The van der Waals surface area contributed by atoms with Crippen LogP contribution in [0.15, 0.2) is 42.5 Å². The molecule has 4 nitrogen and oxygen atoms in total. The summed E-state index contributed by atoms with van der Waals surface area (Å²) in [4.78, 5) is 23.0. The predicted molar refractivity (Wildman–Crippen MR) is 80.8 cm³/mol. The summed E-state index contributed by atoms with van der Waals surface area (Å²) >= 11 is 5.89. The number of carbonyl (C=O) groups excluding carboxylic acids is 1. The highest BCUT2D eigenvalue weighted by atomic mass is 35.5. The fraction of sp³-hybridized carbons (Fsp3) is 0.125. The molecule has 21 heavy (non-hydrogen) atoms. The lowest BCUT2D eigenvalue weighted by Crippen LogP contribution is -2.23. The summed E-state index contributed by atoms with van der Waals surface area (Å²) in [6, 6.07) is 11.6. The van der Waals surface area contributed by atoms with E-state index in [0.717, 1.165) is 11.1 Å². The molecule has 0 unspecified atom stereocenters. The lowest BCUT2D eigenvalue weighted by molar-refractivity contribution is 0.0696. The Morgan fingerprint density at radius 2 is 1.95 bits per heavy atom. The van der Waals surface area contributed by atoms with Gasteiger partial charge in [-0.15, -0.1) is 0 Å². The number of benzene rings is 2. The average Bonchev–Trinajstić information content (AvgIpc) is 2.47. The third kappa shape index (κ3) is 3.83. The van der Waals surface area contributed by atoms with Crippen molar-refractivity contribution in [1.29, 1.82) is 0 Å². The van der Waals surface area contributed by atoms with Crippen LogP contribution in [0.3, 0.4) is 0 Å². The molecular weight excluding hydrogens is 290 g/mol. The zero-order valence-corrected chi connectivity index (χ0v) is 12.1. The second-order valence-corrected chi connectivity index (χ2v) is 5.08. The van der Waals surface area contributed by atoms with E-state index in [1.165, 1.54) is 12.1 Å². The van der Waals surface area contributed by atoms with Crippen molar-refractivity contribution >= 4 is 23.5 Å². The Bertz CT molecular complexity index is 698. The van der Waals surface area contributed by atoms with Gasteiger partial charge in [-0.3, -0.25) is 4.79 Å². The van der Waals surface area contributed by atoms with Gasteiger partial charge >= 0.3 is 5.97 Å². The van der Waals surface area contributed by atoms with Gasteiger partial charge in [0.05, 0.1) is 5.56 Å². The van der Waals surface area contributed by atoms with E-state index >= 15 is 0 Å². The smallest absolute Gasteiger partial charge is 0.335 e. The molecule has 0 aliphatic heterocycles. The van der Waals surface area contributed by atoms with Crippen LogP contribution in [-0.4, -0.2) is 17.0 Å². The van der Waals surface area contributed by atoms with Gasteiger partial charge in [0, 0.05) is 17.1 Å². The Kier molecular flexibility index (Phi) is 4.60. The summed E-state index contributed by atoms with van der Waals surface area (Å²) in [7, 11) is 0. The summed E-state index contributed by atoms with van der Waals surface area (Å²) < 4.78 is 0. The molecule has 0 bridgehead atoms. The van der Waals surface area contributed by atoms with Crippen LogP contribution in [0.1, 0.15) is 31.8 Å². The summed E-state index contributed by atoms with van der Waals surface area (Å²) in [6.07, 6.45) is 0. The molecular formula is C16H14ClNO3. The quantitative estimate of drug-likeness (QED) is 0.911. The number of amides is 1. The minimum atomic E-state index is -0.992. The van der Waals surface area contributed by atoms with E-state index in [9.17, 15) is 9.59 Å². The maximum atomic E-state index is 12.1. The number of rotatable bonds is 4. The molecule has 2 N–H and O–H groups in total. The van der Waals surface area contributed by atoms with Crippen LogP contribution < -0.4 is 5.32 Å². The summed E-state index contributed by atoms with van der Waals surface area (Å²) in [6.45, 7) is 2.09. The van der Waals surface area contributed by atoms with E-state index in [-0.39, 0.29) is 18.0 Å². The number of aryl methyl sites for hydroxylation is 1. The highest BCUT2D eigenvalue weighted by Crippen LogP contribution is 2.15. The number of carboxylic acids is 1. The van der Waals surface area contributed by atoms with Gasteiger partial charge in [0.2, 0.25) is 0 Å². The summed E-state index contributed by atoms with van der Waals surface area (Å²) in [5.41, 5.74) is 2.26. The van der Waals surface area contributed by atoms with Crippen molar-refractivity contribution in [3.63, 3.8) is 0 Å². The Hall–Kier alpha value is -2.33. The van der Waals surface area contributed by atoms with Crippen LogP contribution in [0.25, 0.3) is 0 Å². The van der Waals surface area contributed by atoms with Crippen LogP contribution in [0.4, 0.5) is 0 Å². The molecule has 0 radical (unpaired) electrons. The average molecular weight is 304 g/mol. The fourth-order valence-electron chi connectivity index (χ4n) is 1.93. The van der Waals surface area contributed by atoms with Gasteiger partial charge in [0.25, 0.3) is 5.91 Å². The van der Waals surface area contributed by atoms with E-state index in [0.29, 0.717) is 10.6 Å². The van der Waals surface area contributed by atoms with E-state index in [1.54, 1.807) is 30.3 Å². The second-order valence-electron chi connectivity index (χ2n) is 4.65. The molecule has 0 fully saturated rings. The molecule has 0 aromatic heterocycles. The van der Waals surface area contributed by atoms with Crippen molar-refractivity contribution in [1.82, 2.24) is 5.32 Å². The zero-order valence-electron chi connectivity index (χ0n) is 11.4. The monoisotopic (exact) mass is 303 g/mol. The molecule has 0 saturated heterocycles. The van der Waals surface area contributed by atoms with Crippen LogP contribution in [-0.2, 0) is 6.54 Å². The minimum Gasteiger partial charge on any atom is -0.478 e. The molecule has 5 heteroatoms. The van der Waals surface area contributed by atoms with Gasteiger partial charge in [-0.1, -0.05) is 29.8 Å². The number of halogens is 1. The van der Waals surface area contributed by atoms with Crippen molar-refractivity contribution in [2.24, 2.45) is 0 Å². The van der Waals surface area contributed by atoms with E-state index in [1.807, 2.05) is 6.92 Å². The highest BCUT2D eigenvalue weighted by Gasteiger charge is 2.10. The topological polar surface area (TPSA) is 66.4 Å². The van der Waals surface area contributed by atoms with Gasteiger partial charge in [-0.05, 0) is 42.3 Å². The number of aromatic carboxylic acids is 1. The van der Waals surface area contributed by atoms with E-state index < -0.39 is 5.97 Å². The van der Waals surface area contributed by atoms with Crippen LogP contribution >= 0.6 is 11.6 Å². The lowest BCUT2D eigenvalue weighted by atomic mass is 10.1. The minimum absolute atomic E-state index is 0.195. The summed E-state index contributed by atoms with van der Waals surface area (Å²) in [5, 5.41) is 12.2. The largest absolute Gasteiger partial charge is 0.478 e. The molecule has 2 aromatic rings. The van der Waals surface area contributed by atoms with Gasteiger partial charge in [0.15, 0.2) is 0 Å². The third-order valence-corrected chi connectivity index (χ3v) is 3.31. The molecule has 0 aliphatic rings. The summed E-state index contributed by atoms with van der Waals surface area (Å²) in [5.74, 6) is -1.23. The highest BCUT2D eigenvalue weighted by molar-refractivity contribution is 6.31. The van der Waals surface area contributed by atoms with Crippen molar-refractivity contribution in [3.05, 3.63) is 69.7 Å². The molecule has 0 saturated carbocycles. The first-order valence-corrected chi connectivity index (χ1v) is 6.72. The third-order valence-electron chi connectivity index (χ3n) is 3.07. The molecule has 0 aliphatic carbocycles. The number of carbonyl (C=O) groups is 2. The maximum absolute atomic E-state index is 12.1. The van der Waals surface area contributed by atoms with Crippen LogP contribution in [0.5, 0.6) is 0 Å². The Morgan fingerprint density at radius 1 is 1.19 bits per heavy atom. The van der Waals surface area contributed by atoms with E-state index in [4.69, 9.17) is 16.7 Å². The first-order valence-electron chi connectivity index (χ1n) is 6.34. The second kappa shape index (κ2) is 6.41. The standard InChI is InChI=1S/C16H14ClNO3/c1-10-5-6-13(17)8-14(10)15(19)18-9-11-3-2-4-12(7-11)16(20)21/h2-8H,9H2,1H3,(H,18,19)(H,20,21). The number of carboxylic acid groups (broad SMARTS) is 1. The maximum Gasteiger partial charge on any atom is 0.335 e. The fourth-order valence-corrected chi connectivity index (χ4v) is 2.10. The molecule has 2 aromatic carbocycles. The molecule has 1 amide bonds. The zero-order chi connectivity index (χ0) is 15.4. The van der Waals surface area contributed by atoms with E-state index in [2.05, 4.69) is 5.32 Å². The number of hydrogen-bond acceptors (Lipinski definition) is 2.